The van der Waals surface area contributed by atoms with E-state index in [1.807, 2.05) is 13.1 Å². The molecule has 23 heavy (non-hydrogen) atoms. The molecule has 1 heterocycles. The van der Waals surface area contributed by atoms with Gasteiger partial charge in [-0.05, 0) is 31.0 Å². The zero-order valence-electron chi connectivity index (χ0n) is 14.6. The van der Waals surface area contributed by atoms with E-state index >= 15 is 0 Å². The van der Waals surface area contributed by atoms with Crippen molar-refractivity contribution in [3.05, 3.63) is 0 Å². The van der Waals surface area contributed by atoms with Crippen LogP contribution in [0.4, 0.5) is 4.79 Å². The molecule has 3 N–H and O–H groups in total. The number of carboxylic acids is 1. The second kappa shape index (κ2) is 6.78. The first-order chi connectivity index (χ1) is 10.3. The van der Waals surface area contributed by atoms with Gasteiger partial charge in [-0.1, -0.05) is 20.8 Å². The summed E-state index contributed by atoms with van der Waals surface area (Å²) in [5, 5.41) is 29.1. The third-order valence-electron chi connectivity index (χ3n) is 5.40. The molecule has 8 heteroatoms. The van der Waals surface area contributed by atoms with Crippen LogP contribution in [0.5, 0.6) is 0 Å². The zero-order valence-corrected chi connectivity index (χ0v) is 15.6. The minimum atomic E-state index is -2.09. The summed E-state index contributed by atoms with van der Waals surface area (Å²) in [5.41, 5.74) is -1.34. The van der Waals surface area contributed by atoms with Crippen LogP contribution in [0.15, 0.2) is 0 Å². The molecule has 7 nitrogen and oxygen atoms in total. The SMILES string of the molecule is CC(C)(C)[Si](C)(C)OCC(O)C1(C(=O)O)CCN(C(=O)O)CC1. The Morgan fingerprint density at radius 1 is 1.22 bits per heavy atom. The third-order valence-corrected chi connectivity index (χ3v) is 9.90. The molecule has 0 aromatic carbocycles. The smallest absolute Gasteiger partial charge is 0.407 e. The number of carbonyl (C=O) groups is 2. The van der Waals surface area contributed by atoms with Gasteiger partial charge in [0, 0.05) is 13.1 Å². The highest BCUT2D eigenvalue weighted by Gasteiger charge is 2.49. The maximum Gasteiger partial charge on any atom is 0.407 e. The number of rotatable bonds is 5. The summed E-state index contributed by atoms with van der Waals surface area (Å²) < 4.78 is 5.95. The van der Waals surface area contributed by atoms with Gasteiger partial charge in [0.1, 0.15) is 0 Å². The summed E-state index contributed by atoms with van der Waals surface area (Å²) in [4.78, 5) is 23.9. The van der Waals surface area contributed by atoms with Crippen molar-refractivity contribution in [3.63, 3.8) is 0 Å². The molecule has 0 aromatic rings. The molecule has 0 spiro atoms. The summed E-state index contributed by atoms with van der Waals surface area (Å²) in [6.07, 6.45) is -2.02. The maximum absolute atomic E-state index is 11.7. The average molecular weight is 347 g/mol. The highest BCUT2D eigenvalue weighted by molar-refractivity contribution is 6.74. The lowest BCUT2D eigenvalue weighted by molar-refractivity contribution is -0.163. The number of piperidine rings is 1. The largest absolute Gasteiger partial charge is 0.481 e. The van der Waals surface area contributed by atoms with Gasteiger partial charge in [0.05, 0.1) is 18.1 Å². The summed E-state index contributed by atoms with van der Waals surface area (Å²) in [6, 6.07) is 0. The van der Waals surface area contributed by atoms with Crippen LogP contribution in [0.1, 0.15) is 33.6 Å². The number of aliphatic hydroxyl groups is 1. The van der Waals surface area contributed by atoms with Gasteiger partial charge >= 0.3 is 12.1 Å². The second-order valence-electron chi connectivity index (χ2n) is 7.82. The van der Waals surface area contributed by atoms with Crippen molar-refractivity contribution in [2.45, 2.75) is 57.8 Å². The Hall–Kier alpha value is -1.12. The lowest BCUT2D eigenvalue weighted by Crippen LogP contribution is -2.54. The van der Waals surface area contributed by atoms with E-state index in [1.165, 1.54) is 4.90 Å². The number of hydrogen-bond donors (Lipinski definition) is 3. The van der Waals surface area contributed by atoms with Crippen molar-refractivity contribution in [2.24, 2.45) is 5.41 Å². The number of aliphatic hydroxyl groups excluding tert-OH is 1. The third kappa shape index (κ3) is 4.24. The van der Waals surface area contributed by atoms with Gasteiger partial charge in [0.15, 0.2) is 8.32 Å². The molecule has 1 rings (SSSR count). The minimum absolute atomic E-state index is 0.0319. The fourth-order valence-corrected chi connectivity index (χ4v) is 3.46. The van der Waals surface area contributed by atoms with Crippen molar-refractivity contribution in [1.29, 1.82) is 0 Å². The first kappa shape index (κ1) is 19.9. The number of amides is 1. The molecule has 134 valence electrons. The molecular formula is C15H29NO6Si. The topological polar surface area (TPSA) is 107 Å². The monoisotopic (exact) mass is 347 g/mol. The number of hydrogen-bond acceptors (Lipinski definition) is 4. The highest BCUT2D eigenvalue weighted by Crippen LogP contribution is 2.39. The predicted octanol–water partition coefficient (Wildman–Crippen LogP) is 2.21. The van der Waals surface area contributed by atoms with E-state index in [1.54, 1.807) is 0 Å². The number of aliphatic carboxylic acids is 1. The highest BCUT2D eigenvalue weighted by atomic mass is 28.4. The summed E-state index contributed by atoms with van der Waals surface area (Å²) in [6.45, 7) is 10.5. The van der Waals surface area contributed by atoms with E-state index in [9.17, 15) is 19.8 Å². The molecule has 1 aliphatic heterocycles. The Balaban J connectivity index is 2.80. The van der Waals surface area contributed by atoms with Crippen LogP contribution in [-0.4, -0.2) is 66.4 Å². The van der Waals surface area contributed by atoms with Crippen molar-refractivity contribution >= 4 is 20.4 Å². The van der Waals surface area contributed by atoms with E-state index in [2.05, 4.69) is 20.8 Å². The molecular weight excluding hydrogens is 318 g/mol. The van der Waals surface area contributed by atoms with Crippen molar-refractivity contribution in [1.82, 2.24) is 4.90 Å². The van der Waals surface area contributed by atoms with Crippen molar-refractivity contribution < 1.29 is 29.3 Å². The van der Waals surface area contributed by atoms with Crippen LogP contribution >= 0.6 is 0 Å². The van der Waals surface area contributed by atoms with Crippen LogP contribution in [-0.2, 0) is 9.22 Å². The second-order valence-corrected chi connectivity index (χ2v) is 12.6. The van der Waals surface area contributed by atoms with E-state index in [0.29, 0.717) is 0 Å². The quantitative estimate of drug-likeness (QED) is 0.658. The number of likely N-dealkylation sites (tertiary alicyclic amines) is 1. The van der Waals surface area contributed by atoms with Crippen LogP contribution < -0.4 is 0 Å². The summed E-state index contributed by atoms with van der Waals surface area (Å²) in [5.74, 6) is -1.09. The van der Waals surface area contributed by atoms with E-state index in [0.717, 1.165) is 0 Å². The molecule has 0 saturated carbocycles. The van der Waals surface area contributed by atoms with E-state index < -0.39 is 31.9 Å². The predicted molar refractivity (Wildman–Crippen MR) is 88.1 cm³/mol. The lowest BCUT2D eigenvalue weighted by Gasteiger charge is -2.42. The van der Waals surface area contributed by atoms with Gasteiger partial charge in [0.2, 0.25) is 0 Å². The first-order valence-corrected chi connectivity index (χ1v) is 10.8. The van der Waals surface area contributed by atoms with Gasteiger partial charge in [0.25, 0.3) is 0 Å². The lowest BCUT2D eigenvalue weighted by atomic mass is 9.74. The molecule has 0 aromatic heterocycles. The molecule has 1 aliphatic rings. The number of carboxylic acid groups (broad SMARTS) is 2. The normalized spacial score (nSPS) is 20.2. The van der Waals surface area contributed by atoms with Crippen LogP contribution in [0.25, 0.3) is 0 Å². The molecule has 0 bridgehead atoms. The molecule has 0 radical (unpaired) electrons. The van der Waals surface area contributed by atoms with Crippen LogP contribution in [0, 0.1) is 5.41 Å². The minimum Gasteiger partial charge on any atom is -0.481 e. The fraction of sp³-hybridized carbons (Fsp3) is 0.867. The molecule has 1 fully saturated rings. The molecule has 1 unspecified atom stereocenters. The van der Waals surface area contributed by atoms with Gasteiger partial charge in [-0.25, -0.2) is 4.79 Å². The van der Waals surface area contributed by atoms with Crippen LogP contribution in [0.3, 0.4) is 0 Å². The Labute approximate surface area is 138 Å². The van der Waals surface area contributed by atoms with Gasteiger partial charge in [-0.15, -0.1) is 0 Å². The summed E-state index contributed by atoms with van der Waals surface area (Å²) in [7, 11) is -2.09. The van der Waals surface area contributed by atoms with Crippen molar-refractivity contribution in [2.75, 3.05) is 19.7 Å². The van der Waals surface area contributed by atoms with Gasteiger partial charge in [-0.2, -0.15) is 0 Å². The number of nitrogens with zero attached hydrogens (tertiary/aromatic N) is 1. The van der Waals surface area contributed by atoms with Gasteiger partial charge < -0.3 is 24.6 Å². The Kier molecular flexibility index (Phi) is 5.87. The molecule has 1 amide bonds. The first-order valence-electron chi connectivity index (χ1n) is 7.87. The van der Waals surface area contributed by atoms with E-state index in [4.69, 9.17) is 9.53 Å². The molecule has 1 saturated heterocycles. The Morgan fingerprint density at radius 3 is 2.04 bits per heavy atom. The summed E-state index contributed by atoms with van der Waals surface area (Å²) >= 11 is 0. The molecule has 0 aliphatic carbocycles. The Bertz CT molecular complexity index is 451. The van der Waals surface area contributed by atoms with Crippen molar-refractivity contribution in [3.8, 4) is 0 Å². The fourth-order valence-electron chi connectivity index (χ4n) is 2.45. The molecule has 1 atom stereocenters. The maximum atomic E-state index is 11.7. The van der Waals surface area contributed by atoms with Gasteiger partial charge in [-0.3, -0.25) is 4.79 Å². The average Bonchev–Trinajstić information content (AvgIpc) is 2.43. The van der Waals surface area contributed by atoms with E-state index in [-0.39, 0.29) is 37.6 Å². The standard InChI is InChI=1S/C15H29NO6Si/c1-14(2,3)23(4,5)22-10-11(17)15(12(18)19)6-8-16(9-7-15)13(20)21/h11,17H,6-10H2,1-5H3,(H,18,19)(H,20,21). The Morgan fingerprint density at radius 2 is 1.70 bits per heavy atom. The zero-order chi connectivity index (χ0) is 18.1. The van der Waals surface area contributed by atoms with Crippen LogP contribution in [0.2, 0.25) is 18.1 Å².